The van der Waals surface area contributed by atoms with Gasteiger partial charge >= 0.3 is 0 Å². The average molecular weight is 276 g/mol. The molecule has 2 rings (SSSR count). The molecular weight excluding hydrogens is 258 g/mol. The van der Waals surface area contributed by atoms with Gasteiger partial charge in [0, 0.05) is 24.8 Å². The molecule has 102 valence electrons. The summed E-state index contributed by atoms with van der Waals surface area (Å²) < 4.78 is 5.25. The summed E-state index contributed by atoms with van der Waals surface area (Å²) in [4.78, 5) is 0. The molecule has 1 saturated heterocycles. The van der Waals surface area contributed by atoms with Gasteiger partial charge in [-0.1, -0.05) is 0 Å². The predicted molar refractivity (Wildman–Crippen MR) is 69.2 cm³/mol. The minimum Gasteiger partial charge on any atom is -0.504 e. The molecule has 5 N–H and O–H groups in total. The van der Waals surface area contributed by atoms with Gasteiger partial charge in [0.2, 0.25) is 5.75 Å². The van der Waals surface area contributed by atoms with E-state index in [-0.39, 0.29) is 35.9 Å². The number of nitrogens with two attached hydrogens (primary N) is 1. The summed E-state index contributed by atoms with van der Waals surface area (Å²) in [6.45, 7) is 1.34. The molecule has 1 atom stereocenters. The van der Waals surface area contributed by atoms with Gasteiger partial charge in [0.15, 0.2) is 11.5 Å². The third kappa shape index (κ3) is 2.80. The summed E-state index contributed by atoms with van der Waals surface area (Å²) in [5, 5.41) is 28.5. The molecule has 0 bridgehead atoms. The minimum absolute atomic E-state index is 0. The first-order valence-corrected chi connectivity index (χ1v) is 5.68. The number of aromatic hydroxyl groups is 3. The lowest BCUT2D eigenvalue weighted by Crippen LogP contribution is -2.27. The van der Waals surface area contributed by atoms with Crippen LogP contribution in [0.2, 0.25) is 0 Å². The monoisotopic (exact) mass is 275 g/mol. The highest BCUT2D eigenvalue weighted by atomic mass is 35.5. The Morgan fingerprint density at radius 1 is 1.11 bits per heavy atom. The maximum Gasteiger partial charge on any atom is 0.200 e. The third-order valence-corrected chi connectivity index (χ3v) is 3.29. The Morgan fingerprint density at radius 3 is 2.33 bits per heavy atom. The number of ether oxygens (including phenoxy) is 1. The van der Waals surface area contributed by atoms with Crippen LogP contribution >= 0.6 is 12.4 Å². The largest absolute Gasteiger partial charge is 0.504 e. The number of hydrogen-bond donors (Lipinski definition) is 4. The van der Waals surface area contributed by atoms with Crippen molar-refractivity contribution < 1.29 is 20.1 Å². The fourth-order valence-electron chi connectivity index (χ4n) is 2.18. The van der Waals surface area contributed by atoms with Gasteiger partial charge in [0.1, 0.15) is 0 Å². The Bertz CT molecular complexity index is 407. The molecule has 5 nitrogen and oxygen atoms in total. The van der Waals surface area contributed by atoms with Crippen molar-refractivity contribution in [3.05, 3.63) is 17.7 Å². The number of benzene rings is 1. The van der Waals surface area contributed by atoms with Gasteiger partial charge in [-0.2, -0.15) is 0 Å². The molecule has 0 aromatic heterocycles. The molecule has 6 heteroatoms. The van der Waals surface area contributed by atoms with Crippen molar-refractivity contribution in [2.45, 2.75) is 18.9 Å². The number of phenolic OH excluding ortho intramolecular Hbond substituents is 3. The van der Waals surface area contributed by atoms with Crippen molar-refractivity contribution in [1.29, 1.82) is 0 Å². The van der Waals surface area contributed by atoms with E-state index in [4.69, 9.17) is 10.5 Å². The molecule has 18 heavy (non-hydrogen) atoms. The molecule has 0 saturated carbocycles. The molecule has 0 unspecified atom stereocenters. The maximum absolute atomic E-state index is 9.76. The van der Waals surface area contributed by atoms with Crippen molar-refractivity contribution >= 4 is 12.4 Å². The standard InChI is InChI=1S/C12H17NO4.ClH/c13-10(7-3-5-17-6-4-7)8-1-2-9(14)12(16)11(8)15;/h1-2,7,10,14-16H,3-6,13H2;1H/t10-;/m1./s1. The minimum atomic E-state index is -0.509. The average Bonchev–Trinajstić information content (AvgIpc) is 2.36. The van der Waals surface area contributed by atoms with E-state index in [2.05, 4.69) is 0 Å². The Labute approximate surface area is 112 Å². The van der Waals surface area contributed by atoms with Crippen LogP contribution in [-0.2, 0) is 4.74 Å². The molecule has 1 fully saturated rings. The van der Waals surface area contributed by atoms with Gasteiger partial charge in [-0.05, 0) is 30.9 Å². The fourth-order valence-corrected chi connectivity index (χ4v) is 2.18. The fraction of sp³-hybridized carbons (Fsp3) is 0.500. The molecule has 1 aliphatic rings. The topological polar surface area (TPSA) is 95.9 Å². The summed E-state index contributed by atoms with van der Waals surface area (Å²) in [5.74, 6) is -0.960. The smallest absolute Gasteiger partial charge is 0.200 e. The van der Waals surface area contributed by atoms with E-state index in [0.29, 0.717) is 18.8 Å². The summed E-state index contributed by atoms with van der Waals surface area (Å²) in [5.41, 5.74) is 6.55. The molecule has 1 aromatic rings. The lowest BCUT2D eigenvalue weighted by atomic mass is 9.87. The molecule has 0 radical (unpaired) electrons. The van der Waals surface area contributed by atoms with Crippen molar-refractivity contribution in [3.8, 4) is 17.2 Å². The van der Waals surface area contributed by atoms with Crippen molar-refractivity contribution in [3.63, 3.8) is 0 Å². The number of hydrogen-bond acceptors (Lipinski definition) is 5. The second kappa shape index (κ2) is 6.13. The second-order valence-electron chi connectivity index (χ2n) is 4.35. The van der Waals surface area contributed by atoms with Crippen LogP contribution in [0.15, 0.2) is 12.1 Å². The SMILES string of the molecule is Cl.N[C@@H](c1ccc(O)c(O)c1O)C1CCOCC1. The van der Waals surface area contributed by atoms with Gasteiger partial charge in [-0.25, -0.2) is 0 Å². The normalized spacial score (nSPS) is 18.1. The lowest BCUT2D eigenvalue weighted by molar-refractivity contribution is 0.0580. The van der Waals surface area contributed by atoms with Crippen LogP contribution in [0.3, 0.4) is 0 Å². The molecule has 0 amide bonds. The van der Waals surface area contributed by atoms with Gasteiger partial charge in [-0.3, -0.25) is 0 Å². The lowest BCUT2D eigenvalue weighted by Gasteiger charge is -2.28. The molecule has 1 heterocycles. The molecule has 1 aromatic carbocycles. The first-order chi connectivity index (χ1) is 8.11. The highest BCUT2D eigenvalue weighted by Gasteiger charge is 2.25. The van der Waals surface area contributed by atoms with Crippen LogP contribution in [0.25, 0.3) is 0 Å². The van der Waals surface area contributed by atoms with Crippen LogP contribution in [0.4, 0.5) is 0 Å². The number of phenols is 3. The highest BCUT2D eigenvalue weighted by Crippen LogP contribution is 2.41. The van der Waals surface area contributed by atoms with Gasteiger partial charge in [0.25, 0.3) is 0 Å². The van der Waals surface area contributed by atoms with E-state index >= 15 is 0 Å². The summed E-state index contributed by atoms with van der Waals surface area (Å²) in [6.07, 6.45) is 1.67. The summed E-state index contributed by atoms with van der Waals surface area (Å²) in [6, 6.07) is 2.53. The van der Waals surface area contributed by atoms with E-state index in [1.54, 1.807) is 6.07 Å². The van der Waals surface area contributed by atoms with E-state index in [1.165, 1.54) is 6.07 Å². The van der Waals surface area contributed by atoms with Crippen LogP contribution in [0.5, 0.6) is 17.2 Å². The number of rotatable bonds is 2. The van der Waals surface area contributed by atoms with E-state index in [9.17, 15) is 15.3 Å². The van der Waals surface area contributed by atoms with Crippen LogP contribution in [0, 0.1) is 5.92 Å². The Morgan fingerprint density at radius 2 is 1.72 bits per heavy atom. The van der Waals surface area contributed by atoms with Crippen LogP contribution in [-0.4, -0.2) is 28.5 Å². The quantitative estimate of drug-likeness (QED) is 0.616. The van der Waals surface area contributed by atoms with Gasteiger partial charge < -0.3 is 25.8 Å². The first kappa shape index (κ1) is 14.9. The number of halogens is 1. The zero-order valence-corrected chi connectivity index (χ0v) is 10.7. The van der Waals surface area contributed by atoms with E-state index in [0.717, 1.165) is 12.8 Å². The van der Waals surface area contributed by atoms with Crippen molar-refractivity contribution in [1.82, 2.24) is 0 Å². The van der Waals surface area contributed by atoms with Crippen LogP contribution < -0.4 is 5.73 Å². The molecular formula is C12H18ClNO4. The highest BCUT2D eigenvalue weighted by molar-refractivity contribution is 5.85. The van der Waals surface area contributed by atoms with E-state index in [1.807, 2.05) is 0 Å². The molecule has 1 aliphatic heterocycles. The molecule has 0 aliphatic carbocycles. The van der Waals surface area contributed by atoms with Crippen LogP contribution in [0.1, 0.15) is 24.4 Å². The predicted octanol–water partition coefficient (Wildman–Crippen LogP) is 1.65. The Balaban J connectivity index is 0.00000162. The van der Waals surface area contributed by atoms with E-state index < -0.39 is 5.75 Å². The Hall–Kier alpha value is -1.17. The zero-order valence-electron chi connectivity index (χ0n) is 9.87. The van der Waals surface area contributed by atoms with Gasteiger partial charge in [0.05, 0.1) is 0 Å². The zero-order chi connectivity index (χ0) is 12.4. The first-order valence-electron chi connectivity index (χ1n) is 5.68. The molecule has 0 spiro atoms. The summed E-state index contributed by atoms with van der Waals surface area (Å²) >= 11 is 0. The Kier molecular flexibility index (Phi) is 5.07. The maximum atomic E-state index is 9.76. The summed E-state index contributed by atoms with van der Waals surface area (Å²) in [7, 11) is 0. The second-order valence-corrected chi connectivity index (χ2v) is 4.35. The van der Waals surface area contributed by atoms with Crippen molar-refractivity contribution in [2.24, 2.45) is 11.7 Å². The van der Waals surface area contributed by atoms with Gasteiger partial charge in [-0.15, -0.1) is 12.4 Å². The third-order valence-electron chi connectivity index (χ3n) is 3.29. The van der Waals surface area contributed by atoms with Crippen molar-refractivity contribution in [2.75, 3.05) is 13.2 Å².